The van der Waals surface area contributed by atoms with Crippen LogP contribution in [0.15, 0.2) is 60.2 Å². The number of Topliss-reactive ketones (excluding diaryl/α,β-unsaturated/α-hetero) is 1. The minimum atomic E-state index is -0.889. The van der Waals surface area contributed by atoms with Gasteiger partial charge in [-0.1, -0.05) is 71.2 Å². The Morgan fingerprint density at radius 1 is 0.943 bits per heavy atom. The molecule has 1 amide bonds. The topological polar surface area (TPSA) is 76.1 Å². The van der Waals surface area contributed by atoms with E-state index in [9.17, 15) is 14.7 Å². The summed E-state index contributed by atoms with van der Waals surface area (Å²) in [6.07, 6.45) is 0. The maximum Gasteiger partial charge on any atom is 0.300 e. The number of ketones is 1. The number of ether oxygens (including phenoxy) is 2. The molecule has 4 rings (SSSR count). The maximum atomic E-state index is 13.4. The zero-order valence-corrected chi connectivity index (χ0v) is 21.1. The van der Waals surface area contributed by atoms with Crippen LogP contribution in [0.4, 0.5) is 5.69 Å². The predicted octanol–water partition coefficient (Wildman–Crippen LogP) is 6.25. The van der Waals surface area contributed by atoms with Gasteiger partial charge in [-0.25, -0.2) is 0 Å². The molecule has 0 bridgehead atoms. The highest BCUT2D eigenvalue weighted by molar-refractivity contribution is 6.52. The molecule has 3 aromatic rings. The number of nitrogens with zero attached hydrogens (tertiary/aromatic N) is 1. The molecular weight excluding hydrogens is 489 g/mol. The summed E-state index contributed by atoms with van der Waals surface area (Å²) in [7, 11) is 2.77. The van der Waals surface area contributed by atoms with Gasteiger partial charge in [-0.2, -0.15) is 0 Å². The summed E-state index contributed by atoms with van der Waals surface area (Å²) in [5.74, 6) is -1.80. The van der Waals surface area contributed by atoms with Gasteiger partial charge in [0, 0.05) is 5.69 Å². The summed E-state index contributed by atoms with van der Waals surface area (Å²) in [5, 5.41) is 11.7. The lowest BCUT2D eigenvalue weighted by Gasteiger charge is -2.27. The second-order valence-electron chi connectivity index (χ2n) is 8.16. The molecule has 0 aliphatic carbocycles. The summed E-state index contributed by atoms with van der Waals surface area (Å²) < 4.78 is 10.7. The molecule has 1 aliphatic rings. The number of hydrogen-bond acceptors (Lipinski definition) is 5. The summed E-state index contributed by atoms with van der Waals surface area (Å²) in [6, 6.07) is 15.2. The summed E-state index contributed by atoms with van der Waals surface area (Å²) in [5.41, 5.74) is 2.95. The van der Waals surface area contributed by atoms with Gasteiger partial charge in [0.2, 0.25) is 0 Å². The van der Waals surface area contributed by atoms with E-state index in [0.29, 0.717) is 11.3 Å². The fourth-order valence-electron chi connectivity index (χ4n) is 4.36. The van der Waals surface area contributed by atoms with Crippen LogP contribution in [0, 0.1) is 13.8 Å². The fourth-order valence-corrected chi connectivity index (χ4v) is 5.05. The minimum absolute atomic E-state index is 0.0317. The van der Waals surface area contributed by atoms with E-state index in [0.717, 1.165) is 11.1 Å². The van der Waals surface area contributed by atoms with Crippen molar-refractivity contribution in [3.63, 3.8) is 0 Å². The average molecular weight is 512 g/mol. The molecule has 6 nitrogen and oxygen atoms in total. The first-order valence-electron chi connectivity index (χ1n) is 10.7. The normalized spacial score (nSPS) is 17.1. The standard InChI is InChI=1S/C27H23Cl2NO5/c1-14-8-7-10-16(12-14)22-20(24(32)27(33)30(22)19-11-6-5-9-15(19)2)23(31)17-13-18(28)26(35-4)21(29)25(17)34-3/h5-13,22,31H,1-4H3/b23-20+. The second-order valence-corrected chi connectivity index (χ2v) is 8.94. The van der Waals surface area contributed by atoms with Crippen LogP contribution < -0.4 is 14.4 Å². The quantitative estimate of drug-likeness (QED) is 0.248. The first-order chi connectivity index (χ1) is 16.7. The Balaban J connectivity index is 2.04. The van der Waals surface area contributed by atoms with E-state index < -0.39 is 23.5 Å². The van der Waals surface area contributed by atoms with E-state index in [2.05, 4.69) is 0 Å². The molecule has 1 aliphatic heterocycles. The van der Waals surface area contributed by atoms with Crippen molar-refractivity contribution in [1.29, 1.82) is 0 Å². The highest BCUT2D eigenvalue weighted by Crippen LogP contribution is 2.48. The first-order valence-corrected chi connectivity index (χ1v) is 11.5. The number of hydrogen-bond donors (Lipinski definition) is 1. The fraction of sp³-hybridized carbons (Fsp3) is 0.185. The van der Waals surface area contributed by atoms with Gasteiger partial charge < -0.3 is 14.6 Å². The minimum Gasteiger partial charge on any atom is -0.507 e. The number of rotatable bonds is 5. The van der Waals surface area contributed by atoms with Crippen molar-refractivity contribution in [2.24, 2.45) is 0 Å². The third-order valence-electron chi connectivity index (χ3n) is 5.97. The number of aryl methyl sites for hydroxylation is 2. The van der Waals surface area contributed by atoms with Crippen molar-refractivity contribution < 1.29 is 24.2 Å². The van der Waals surface area contributed by atoms with Gasteiger partial charge in [-0.3, -0.25) is 14.5 Å². The highest BCUT2D eigenvalue weighted by atomic mass is 35.5. The van der Waals surface area contributed by atoms with Crippen LogP contribution in [0.5, 0.6) is 11.5 Å². The third kappa shape index (κ3) is 4.13. The Kier molecular flexibility index (Phi) is 6.79. The van der Waals surface area contributed by atoms with Crippen LogP contribution in [0.2, 0.25) is 10.0 Å². The summed E-state index contributed by atoms with van der Waals surface area (Å²) >= 11 is 12.8. The highest BCUT2D eigenvalue weighted by Gasteiger charge is 2.47. The van der Waals surface area contributed by atoms with Crippen molar-refractivity contribution in [1.82, 2.24) is 0 Å². The Morgan fingerprint density at radius 2 is 1.63 bits per heavy atom. The number of aliphatic hydroxyl groups is 1. The van der Waals surface area contributed by atoms with Gasteiger partial charge >= 0.3 is 0 Å². The number of anilines is 1. The average Bonchev–Trinajstić information content (AvgIpc) is 3.09. The van der Waals surface area contributed by atoms with E-state index in [1.807, 2.05) is 50.2 Å². The van der Waals surface area contributed by atoms with Crippen LogP contribution >= 0.6 is 23.2 Å². The zero-order chi connectivity index (χ0) is 25.4. The molecule has 0 radical (unpaired) electrons. The molecule has 8 heteroatoms. The van der Waals surface area contributed by atoms with Gasteiger partial charge in [-0.05, 0) is 37.1 Å². The van der Waals surface area contributed by atoms with E-state index in [1.54, 1.807) is 12.1 Å². The van der Waals surface area contributed by atoms with Crippen molar-refractivity contribution in [3.8, 4) is 11.5 Å². The predicted molar refractivity (Wildman–Crippen MR) is 137 cm³/mol. The van der Waals surface area contributed by atoms with E-state index >= 15 is 0 Å². The summed E-state index contributed by atoms with van der Waals surface area (Å²) in [6.45, 7) is 3.77. The van der Waals surface area contributed by atoms with Crippen molar-refractivity contribution >= 4 is 46.3 Å². The monoisotopic (exact) mass is 511 g/mol. The van der Waals surface area contributed by atoms with Crippen LogP contribution in [-0.4, -0.2) is 31.0 Å². The Hall–Kier alpha value is -3.48. The molecule has 1 saturated heterocycles. The number of amides is 1. The molecule has 1 N–H and O–H groups in total. The van der Waals surface area contributed by atoms with Gasteiger partial charge in [0.25, 0.3) is 11.7 Å². The van der Waals surface area contributed by atoms with Gasteiger partial charge in [0.05, 0.1) is 36.4 Å². The Bertz CT molecular complexity index is 1380. The lowest BCUT2D eigenvalue weighted by Crippen LogP contribution is -2.30. The maximum absolute atomic E-state index is 13.4. The lowest BCUT2D eigenvalue weighted by molar-refractivity contribution is -0.132. The number of aliphatic hydroxyl groups excluding tert-OH is 1. The van der Waals surface area contributed by atoms with Crippen molar-refractivity contribution in [2.45, 2.75) is 19.9 Å². The van der Waals surface area contributed by atoms with Gasteiger partial charge in [-0.15, -0.1) is 0 Å². The Morgan fingerprint density at radius 3 is 2.26 bits per heavy atom. The first kappa shape index (κ1) is 24.6. The van der Waals surface area contributed by atoms with Crippen molar-refractivity contribution in [3.05, 3.63) is 92.5 Å². The lowest BCUT2D eigenvalue weighted by atomic mass is 9.93. The molecule has 180 valence electrons. The molecule has 0 spiro atoms. The second kappa shape index (κ2) is 9.64. The molecule has 35 heavy (non-hydrogen) atoms. The SMILES string of the molecule is COc1c(Cl)cc(/C(O)=C2\C(=O)C(=O)N(c3ccccc3C)C2c2cccc(C)c2)c(OC)c1Cl. The number of para-hydroxylation sites is 1. The number of halogens is 2. The van der Waals surface area contributed by atoms with Crippen LogP contribution in [-0.2, 0) is 9.59 Å². The van der Waals surface area contributed by atoms with E-state index in [4.69, 9.17) is 32.7 Å². The third-order valence-corrected chi connectivity index (χ3v) is 6.60. The smallest absolute Gasteiger partial charge is 0.300 e. The van der Waals surface area contributed by atoms with Gasteiger partial charge in [0.15, 0.2) is 11.5 Å². The molecule has 1 heterocycles. The zero-order valence-electron chi connectivity index (χ0n) is 19.6. The van der Waals surface area contributed by atoms with Crippen LogP contribution in [0.25, 0.3) is 5.76 Å². The molecule has 1 atom stereocenters. The molecule has 1 unspecified atom stereocenters. The van der Waals surface area contributed by atoms with Crippen molar-refractivity contribution in [2.75, 3.05) is 19.1 Å². The molecule has 0 aromatic heterocycles. The number of benzene rings is 3. The van der Waals surface area contributed by atoms with Crippen LogP contribution in [0.1, 0.15) is 28.3 Å². The number of carbonyl (C=O) groups is 2. The van der Waals surface area contributed by atoms with Gasteiger partial charge in [0.1, 0.15) is 10.8 Å². The number of methoxy groups -OCH3 is 2. The molecule has 1 fully saturated rings. The molecular formula is C27H23Cl2NO5. The Labute approximate surface area is 213 Å². The number of carbonyl (C=O) groups excluding carboxylic acids is 2. The molecule has 0 saturated carbocycles. The van der Waals surface area contributed by atoms with Crippen LogP contribution in [0.3, 0.4) is 0 Å². The molecule has 3 aromatic carbocycles. The van der Waals surface area contributed by atoms with E-state index in [-0.39, 0.29) is 32.7 Å². The van der Waals surface area contributed by atoms with E-state index in [1.165, 1.54) is 25.2 Å². The largest absolute Gasteiger partial charge is 0.507 e. The summed E-state index contributed by atoms with van der Waals surface area (Å²) in [4.78, 5) is 28.2.